The Hall–Kier alpha value is -3.30. The van der Waals surface area contributed by atoms with Crippen LogP contribution >= 0.6 is 0 Å². The molecule has 136 valence electrons. The first-order chi connectivity index (χ1) is 12.5. The first-order valence-electron chi connectivity index (χ1n) is 8.03. The Bertz CT molecular complexity index is 890. The van der Waals surface area contributed by atoms with E-state index in [4.69, 9.17) is 0 Å². The van der Waals surface area contributed by atoms with Crippen LogP contribution in [0.15, 0.2) is 36.9 Å². The lowest BCUT2D eigenvalue weighted by atomic mass is 10.0. The summed E-state index contributed by atoms with van der Waals surface area (Å²) in [5.74, 6) is 0.257. The summed E-state index contributed by atoms with van der Waals surface area (Å²) in [5, 5.41) is 16.2. The number of hydrogen-bond acceptors (Lipinski definition) is 5. The summed E-state index contributed by atoms with van der Waals surface area (Å²) in [5.41, 5.74) is 0.550. The maximum atomic E-state index is 14.1. The van der Waals surface area contributed by atoms with Crippen molar-refractivity contribution in [3.63, 3.8) is 0 Å². The van der Waals surface area contributed by atoms with Crippen molar-refractivity contribution in [3.8, 4) is 5.69 Å². The molecule has 0 radical (unpaired) electrons. The molecule has 0 aliphatic heterocycles. The molecule has 0 saturated heterocycles. The Morgan fingerprint density at radius 1 is 1.31 bits per heavy atom. The van der Waals surface area contributed by atoms with E-state index in [1.807, 2.05) is 25.5 Å². The van der Waals surface area contributed by atoms with Crippen LogP contribution in [-0.4, -0.2) is 35.8 Å². The Morgan fingerprint density at radius 3 is 2.73 bits per heavy atom. The Balaban J connectivity index is 1.77. The number of tetrazole rings is 1. The van der Waals surface area contributed by atoms with Crippen LogP contribution in [0.25, 0.3) is 5.69 Å². The normalized spacial score (nSPS) is 12.2. The summed E-state index contributed by atoms with van der Waals surface area (Å²) in [4.78, 5) is 16.7. The molecule has 10 heteroatoms. The van der Waals surface area contributed by atoms with Gasteiger partial charge in [0.15, 0.2) is 0 Å². The maximum absolute atomic E-state index is 14.1. The van der Waals surface area contributed by atoms with Crippen LogP contribution in [0.2, 0.25) is 0 Å². The highest BCUT2D eigenvalue weighted by Gasteiger charge is 2.22. The third-order valence-corrected chi connectivity index (χ3v) is 3.90. The molecule has 0 saturated carbocycles. The number of anilines is 1. The van der Waals surface area contributed by atoms with Gasteiger partial charge in [0.05, 0.1) is 17.4 Å². The van der Waals surface area contributed by atoms with Crippen LogP contribution in [0, 0.1) is 11.7 Å². The van der Waals surface area contributed by atoms with E-state index in [2.05, 4.69) is 31.1 Å². The summed E-state index contributed by atoms with van der Waals surface area (Å²) in [6.07, 6.45) is 4.85. The number of halogens is 1. The van der Waals surface area contributed by atoms with E-state index in [1.54, 1.807) is 12.4 Å². The first kappa shape index (κ1) is 17.5. The zero-order valence-electron chi connectivity index (χ0n) is 14.6. The van der Waals surface area contributed by atoms with Gasteiger partial charge in [0.25, 0.3) is 0 Å². The highest BCUT2D eigenvalue weighted by molar-refractivity contribution is 5.90. The van der Waals surface area contributed by atoms with E-state index in [9.17, 15) is 9.18 Å². The van der Waals surface area contributed by atoms with Crippen molar-refractivity contribution in [1.82, 2.24) is 35.1 Å². The number of rotatable bonds is 5. The Morgan fingerprint density at radius 2 is 2.12 bits per heavy atom. The van der Waals surface area contributed by atoms with Crippen molar-refractivity contribution in [1.29, 1.82) is 0 Å². The fraction of sp³-hybridized carbons (Fsp3) is 0.312. The van der Waals surface area contributed by atoms with Crippen molar-refractivity contribution in [2.45, 2.75) is 19.9 Å². The number of hydrogen-bond donors (Lipinski definition) is 2. The smallest absolute Gasteiger partial charge is 0.319 e. The number of carbonyl (C=O) groups is 1. The van der Waals surface area contributed by atoms with Gasteiger partial charge < -0.3 is 15.2 Å². The van der Waals surface area contributed by atoms with Crippen LogP contribution < -0.4 is 10.6 Å². The number of imidazole rings is 1. The number of nitrogens with zero attached hydrogens (tertiary/aromatic N) is 6. The SMILES string of the molecule is CC(C)C(NC(=O)Nc1cc(-n2cnnn2)ccc1F)c1nccn1C. The Kier molecular flexibility index (Phi) is 4.92. The monoisotopic (exact) mass is 358 g/mol. The second-order valence-electron chi connectivity index (χ2n) is 6.14. The van der Waals surface area contributed by atoms with Gasteiger partial charge in [0, 0.05) is 19.4 Å². The lowest BCUT2D eigenvalue weighted by molar-refractivity contribution is 0.243. The number of amides is 2. The van der Waals surface area contributed by atoms with E-state index < -0.39 is 11.8 Å². The molecule has 0 bridgehead atoms. The summed E-state index contributed by atoms with van der Waals surface area (Å²) in [6.45, 7) is 3.94. The highest BCUT2D eigenvalue weighted by atomic mass is 19.1. The summed E-state index contributed by atoms with van der Waals surface area (Å²) in [7, 11) is 1.85. The fourth-order valence-electron chi connectivity index (χ4n) is 2.54. The molecule has 2 amide bonds. The lowest BCUT2D eigenvalue weighted by Crippen LogP contribution is -2.36. The molecular weight excluding hydrogens is 339 g/mol. The van der Waals surface area contributed by atoms with Gasteiger partial charge in [-0.1, -0.05) is 13.8 Å². The molecule has 1 aromatic carbocycles. The minimum atomic E-state index is -0.560. The van der Waals surface area contributed by atoms with Crippen molar-refractivity contribution < 1.29 is 9.18 Å². The molecule has 0 spiro atoms. The van der Waals surface area contributed by atoms with E-state index in [-0.39, 0.29) is 17.6 Å². The maximum Gasteiger partial charge on any atom is 0.319 e. The third kappa shape index (κ3) is 3.68. The number of nitrogens with one attached hydrogen (secondary N) is 2. The summed E-state index contributed by atoms with van der Waals surface area (Å²) in [6, 6.07) is 3.36. The van der Waals surface area contributed by atoms with Crippen LogP contribution in [0.3, 0.4) is 0 Å². The molecule has 26 heavy (non-hydrogen) atoms. The minimum absolute atomic E-state index is 0.0258. The van der Waals surface area contributed by atoms with Gasteiger partial charge in [0.1, 0.15) is 18.0 Å². The lowest BCUT2D eigenvalue weighted by Gasteiger charge is -2.22. The molecule has 3 rings (SSSR count). The molecule has 0 aliphatic rings. The number of urea groups is 1. The van der Waals surface area contributed by atoms with Gasteiger partial charge in [-0.05, 0) is 34.5 Å². The highest BCUT2D eigenvalue weighted by Crippen LogP contribution is 2.21. The molecule has 2 aromatic heterocycles. The zero-order valence-corrected chi connectivity index (χ0v) is 14.6. The summed E-state index contributed by atoms with van der Waals surface area (Å²) < 4.78 is 17.3. The van der Waals surface area contributed by atoms with Crippen molar-refractivity contribution >= 4 is 11.7 Å². The second kappa shape index (κ2) is 7.30. The predicted molar refractivity (Wildman–Crippen MR) is 92.1 cm³/mol. The average Bonchev–Trinajstić information content (AvgIpc) is 3.26. The van der Waals surface area contributed by atoms with Crippen LogP contribution in [0.4, 0.5) is 14.9 Å². The van der Waals surface area contributed by atoms with Gasteiger partial charge in [-0.25, -0.2) is 18.9 Å². The van der Waals surface area contributed by atoms with Gasteiger partial charge in [-0.2, -0.15) is 0 Å². The van der Waals surface area contributed by atoms with Gasteiger partial charge >= 0.3 is 6.03 Å². The number of aryl methyl sites for hydroxylation is 1. The van der Waals surface area contributed by atoms with Crippen molar-refractivity contribution in [2.75, 3.05) is 5.32 Å². The first-order valence-corrected chi connectivity index (χ1v) is 8.03. The van der Waals surface area contributed by atoms with Crippen molar-refractivity contribution in [2.24, 2.45) is 13.0 Å². The molecule has 2 N–H and O–H groups in total. The molecule has 3 aromatic rings. The van der Waals surface area contributed by atoms with Gasteiger partial charge in [-0.15, -0.1) is 5.10 Å². The molecule has 2 heterocycles. The van der Waals surface area contributed by atoms with E-state index in [0.717, 1.165) is 5.82 Å². The molecule has 0 fully saturated rings. The second-order valence-corrected chi connectivity index (χ2v) is 6.14. The molecule has 1 unspecified atom stereocenters. The standard InChI is InChI=1S/C16H19FN8O/c1-10(2)14(15-18-6-7-24(15)3)21-16(26)20-13-8-11(4-5-12(13)17)25-9-19-22-23-25/h4-10,14H,1-3H3,(H2,20,21,26). The Labute approximate surface area is 149 Å². The topological polar surface area (TPSA) is 103 Å². The molecule has 1 atom stereocenters. The fourth-order valence-corrected chi connectivity index (χ4v) is 2.54. The van der Waals surface area contributed by atoms with Crippen LogP contribution in [0.5, 0.6) is 0 Å². The largest absolute Gasteiger partial charge is 0.336 e. The number of benzene rings is 1. The molecular formula is C16H19FN8O. The zero-order chi connectivity index (χ0) is 18.7. The molecule has 0 aliphatic carbocycles. The van der Waals surface area contributed by atoms with Crippen LogP contribution in [0.1, 0.15) is 25.7 Å². The third-order valence-electron chi connectivity index (χ3n) is 3.90. The van der Waals surface area contributed by atoms with E-state index >= 15 is 0 Å². The number of aromatic nitrogens is 6. The van der Waals surface area contributed by atoms with Gasteiger partial charge in [0.2, 0.25) is 0 Å². The number of carbonyl (C=O) groups excluding carboxylic acids is 1. The van der Waals surface area contributed by atoms with Gasteiger partial charge in [-0.3, -0.25) is 0 Å². The van der Waals surface area contributed by atoms with E-state index in [1.165, 1.54) is 29.2 Å². The van der Waals surface area contributed by atoms with Crippen molar-refractivity contribution in [3.05, 3.63) is 48.6 Å². The predicted octanol–water partition coefficient (Wildman–Crippen LogP) is 2.05. The van der Waals surface area contributed by atoms with E-state index in [0.29, 0.717) is 5.69 Å². The summed E-state index contributed by atoms with van der Waals surface area (Å²) >= 11 is 0. The quantitative estimate of drug-likeness (QED) is 0.727. The van der Waals surface area contributed by atoms with Crippen LogP contribution in [-0.2, 0) is 7.05 Å². The molecule has 9 nitrogen and oxygen atoms in total. The minimum Gasteiger partial charge on any atom is -0.336 e. The average molecular weight is 358 g/mol.